The predicted octanol–water partition coefficient (Wildman–Crippen LogP) is 3.17. The second-order valence-corrected chi connectivity index (χ2v) is 5.05. The molecule has 23 heavy (non-hydrogen) atoms. The van der Waals surface area contributed by atoms with Crippen LogP contribution >= 0.6 is 12.2 Å². The van der Waals surface area contributed by atoms with Gasteiger partial charge in [0.15, 0.2) is 5.11 Å². The van der Waals surface area contributed by atoms with E-state index >= 15 is 0 Å². The maximum atomic E-state index is 13.3. The molecule has 0 spiro atoms. The van der Waals surface area contributed by atoms with E-state index in [-0.39, 0.29) is 10.8 Å². The molecule has 0 aliphatic carbocycles. The molecule has 2 N–H and O–H groups in total. The standard InChI is InChI=1S/C15H12FN3O3S/c1-9-4-2-3-5-11(9)14(20)18-15(23)17-10-6-7-12(16)13(8-10)19(21)22/h2-8H,1H3,(H2,17,18,20,23). The van der Waals surface area contributed by atoms with Crippen LogP contribution in [0.4, 0.5) is 15.8 Å². The lowest BCUT2D eigenvalue weighted by atomic mass is 10.1. The van der Waals surface area contributed by atoms with E-state index in [1.165, 1.54) is 6.07 Å². The molecule has 0 heterocycles. The average molecular weight is 333 g/mol. The van der Waals surface area contributed by atoms with Crippen LogP contribution in [0.5, 0.6) is 0 Å². The van der Waals surface area contributed by atoms with E-state index in [0.717, 1.165) is 17.7 Å². The first-order chi connectivity index (χ1) is 10.9. The summed E-state index contributed by atoms with van der Waals surface area (Å²) < 4.78 is 13.3. The van der Waals surface area contributed by atoms with Crippen LogP contribution in [0, 0.1) is 22.9 Å². The first-order valence-electron chi connectivity index (χ1n) is 6.50. The van der Waals surface area contributed by atoms with Gasteiger partial charge in [-0.15, -0.1) is 0 Å². The van der Waals surface area contributed by atoms with Crippen molar-refractivity contribution in [2.24, 2.45) is 0 Å². The zero-order valence-corrected chi connectivity index (χ0v) is 12.8. The van der Waals surface area contributed by atoms with Gasteiger partial charge in [-0.3, -0.25) is 20.2 Å². The summed E-state index contributed by atoms with van der Waals surface area (Å²) in [5.41, 5.74) is 0.767. The Morgan fingerprint density at radius 3 is 2.61 bits per heavy atom. The number of nitro benzene ring substituents is 1. The number of nitrogens with zero attached hydrogens (tertiary/aromatic N) is 1. The first kappa shape index (κ1) is 16.5. The molecular formula is C15H12FN3O3S. The Labute approximate surface area is 136 Å². The van der Waals surface area contributed by atoms with Crippen LogP contribution in [-0.2, 0) is 0 Å². The van der Waals surface area contributed by atoms with Gasteiger partial charge < -0.3 is 5.32 Å². The molecule has 0 aromatic heterocycles. The van der Waals surface area contributed by atoms with Crippen LogP contribution < -0.4 is 10.6 Å². The summed E-state index contributed by atoms with van der Waals surface area (Å²) in [6, 6.07) is 10.2. The van der Waals surface area contributed by atoms with Gasteiger partial charge in [0.1, 0.15) is 0 Å². The molecule has 2 rings (SSSR count). The fraction of sp³-hybridized carbons (Fsp3) is 0.0667. The highest BCUT2D eigenvalue weighted by Gasteiger charge is 2.15. The topological polar surface area (TPSA) is 84.3 Å². The van der Waals surface area contributed by atoms with E-state index in [1.807, 2.05) is 0 Å². The lowest BCUT2D eigenvalue weighted by molar-refractivity contribution is -0.387. The summed E-state index contributed by atoms with van der Waals surface area (Å²) in [5, 5.41) is 15.7. The molecule has 0 aliphatic rings. The number of aryl methyl sites for hydroxylation is 1. The van der Waals surface area contributed by atoms with E-state index in [4.69, 9.17) is 12.2 Å². The molecule has 8 heteroatoms. The Bertz CT molecular complexity index is 795. The molecule has 0 saturated carbocycles. The molecule has 2 aromatic rings. The number of benzene rings is 2. The summed E-state index contributed by atoms with van der Waals surface area (Å²) in [7, 11) is 0. The van der Waals surface area contributed by atoms with Crippen LogP contribution in [0.3, 0.4) is 0 Å². The Morgan fingerprint density at radius 2 is 1.96 bits per heavy atom. The van der Waals surface area contributed by atoms with Gasteiger partial charge in [-0.25, -0.2) is 0 Å². The van der Waals surface area contributed by atoms with Crippen molar-refractivity contribution in [1.29, 1.82) is 0 Å². The summed E-state index contributed by atoms with van der Waals surface area (Å²) >= 11 is 4.99. The van der Waals surface area contributed by atoms with Crippen LogP contribution in [0.25, 0.3) is 0 Å². The fourth-order valence-corrected chi connectivity index (χ4v) is 2.10. The third-order valence-electron chi connectivity index (χ3n) is 3.02. The van der Waals surface area contributed by atoms with Gasteiger partial charge in [-0.1, -0.05) is 18.2 Å². The lowest BCUT2D eigenvalue weighted by Crippen LogP contribution is -2.34. The number of carbonyl (C=O) groups is 1. The minimum atomic E-state index is -0.949. The molecule has 0 saturated heterocycles. The Kier molecular flexibility index (Phi) is 4.97. The molecular weight excluding hydrogens is 321 g/mol. The van der Waals surface area contributed by atoms with Crippen LogP contribution in [0.1, 0.15) is 15.9 Å². The van der Waals surface area contributed by atoms with Crippen molar-refractivity contribution >= 4 is 34.6 Å². The van der Waals surface area contributed by atoms with Gasteiger partial charge >= 0.3 is 5.69 Å². The largest absolute Gasteiger partial charge is 0.332 e. The number of anilines is 1. The van der Waals surface area contributed by atoms with Crippen molar-refractivity contribution < 1.29 is 14.1 Å². The second kappa shape index (κ2) is 6.93. The highest BCUT2D eigenvalue weighted by atomic mass is 32.1. The quantitative estimate of drug-likeness (QED) is 0.512. The zero-order valence-electron chi connectivity index (χ0n) is 12.0. The van der Waals surface area contributed by atoms with Crippen molar-refractivity contribution in [2.75, 3.05) is 5.32 Å². The van der Waals surface area contributed by atoms with Crippen LogP contribution in [-0.4, -0.2) is 15.9 Å². The Hall–Kier alpha value is -2.87. The number of halogens is 1. The van der Waals surface area contributed by atoms with E-state index in [0.29, 0.717) is 5.56 Å². The van der Waals surface area contributed by atoms with Crippen molar-refractivity contribution in [3.63, 3.8) is 0 Å². The van der Waals surface area contributed by atoms with E-state index < -0.39 is 22.3 Å². The normalized spacial score (nSPS) is 10.0. The van der Waals surface area contributed by atoms with Gasteiger partial charge in [0.2, 0.25) is 5.82 Å². The number of nitrogens with one attached hydrogen (secondary N) is 2. The van der Waals surface area contributed by atoms with Crippen LogP contribution in [0.15, 0.2) is 42.5 Å². The first-order valence-corrected chi connectivity index (χ1v) is 6.91. The number of carbonyl (C=O) groups excluding carboxylic acids is 1. The van der Waals surface area contributed by atoms with E-state index in [2.05, 4.69) is 10.6 Å². The summed E-state index contributed by atoms with van der Waals surface area (Å²) in [5.74, 6) is -1.35. The third kappa shape index (κ3) is 4.07. The van der Waals surface area contributed by atoms with Crippen molar-refractivity contribution in [3.05, 3.63) is 69.5 Å². The van der Waals surface area contributed by atoms with Crippen molar-refractivity contribution in [1.82, 2.24) is 5.32 Å². The predicted molar refractivity (Wildman–Crippen MR) is 87.9 cm³/mol. The highest BCUT2D eigenvalue weighted by molar-refractivity contribution is 7.80. The van der Waals surface area contributed by atoms with E-state index in [1.54, 1.807) is 31.2 Å². The molecule has 0 fully saturated rings. The van der Waals surface area contributed by atoms with Gasteiger partial charge in [0.25, 0.3) is 5.91 Å². The van der Waals surface area contributed by atoms with Gasteiger partial charge in [-0.05, 0) is 42.9 Å². The smallest absolute Gasteiger partial charge is 0.306 e. The fourth-order valence-electron chi connectivity index (χ4n) is 1.89. The Balaban J connectivity index is 2.08. The molecule has 0 aliphatic heterocycles. The number of thiocarbonyl (C=S) groups is 1. The number of nitro groups is 1. The molecule has 0 bridgehead atoms. The maximum absolute atomic E-state index is 13.3. The third-order valence-corrected chi connectivity index (χ3v) is 3.22. The minimum absolute atomic E-state index is 0.0424. The number of hydrogen-bond donors (Lipinski definition) is 2. The average Bonchev–Trinajstić information content (AvgIpc) is 2.49. The SMILES string of the molecule is Cc1ccccc1C(=O)NC(=S)Nc1ccc(F)c([N+](=O)[O-])c1. The molecule has 6 nitrogen and oxygen atoms in total. The van der Waals surface area contributed by atoms with Crippen molar-refractivity contribution in [2.45, 2.75) is 6.92 Å². The molecule has 0 atom stereocenters. The molecule has 2 aromatic carbocycles. The van der Waals surface area contributed by atoms with Crippen molar-refractivity contribution in [3.8, 4) is 0 Å². The van der Waals surface area contributed by atoms with Gasteiger partial charge in [0, 0.05) is 17.3 Å². The number of hydrogen-bond acceptors (Lipinski definition) is 4. The van der Waals surface area contributed by atoms with E-state index in [9.17, 15) is 19.3 Å². The molecule has 118 valence electrons. The second-order valence-electron chi connectivity index (χ2n) is 4.65. The lowest BCUT2D eigenvalue weighted by Gasteiger charge is -2.10. The maximum Gasteiger partial charge on any atom is 0.306 e. The van der Waals surface area contributed by atoms with Gasteiger partial charge in [0.05, 0.1) is 4.92 Å². The summed E-state index contributed by atoms with van der Waals surface area (Å²) in [6.07, 6.45) is 0. The summed E-state index contributed by atoms with van der Waals surface area (Å²) in [6.45, 7) is 1.79. The number of rotatable bonds is 3. The monoisotopic (exact) mass is 333 g/mol. The highest BCUT2D eigenvalue weighted by Crippen LogP contribution is 2.21. The van der Waals surface area contributed by atoms with Gasteiger partial charge in [-0.2, -0.15) is 4.39 Å². The Morgan fingerprint density at radius 1 is 1.26 bits per heavy atom. The molecule has 0 unspecified atom stereocenters. The van der Waals surface area contributed by atoms with Crippen LogP contribution in [0.2, 0.25) is 0 Å². The minimum Gasteiger partial charge on any atom is -0.332 e. The summed E-state index contributed by atoms with van der Waals surface area (Å²) in [4.78, 5) is 21.9. The molecule has 0 radical (unpaired) electrons. The molecule has 1 amide bonds. The number of amides is 1. The zero-order chi connectivity index (χ0) is 17.0.